The Kier molecular flexibility index (Phi) is 7.49. The van der Waals surface area contributed by atoms with Crippen molar-refractivity contribution in [1.82, 2.24) is 0 Å². The third-order valence-electron chi connectivity index (χ3n) is 2.27. The molecule has 0 amide bonds. The minimum Gasteiger partial charge on any atom is -0.292 e. The van der Waals surface area contributed by atoms with Gasteiger partial charge in [0.1, 0.15) is 5.82 Å². The summed E-state index contributed by atoms with van der Waals surface area (Å²) in [6.07, 6.45) is 0. The average molecular weight is 251 g/mol. The highest BCUT2D eigenvalue weighted by Gasteiger charge is 2.14. The SMILES string of the molecule is CC(C)C.CN=C(c1c(C)cccc1F)C(C)C. The van der Waals surface area contributed by atoms with E-state index in [-0.39, 0.29) is 11.7 Å². The first kappa shape index (κ1) is 16.8. The predicted octanol–water partition coefficient (Wildman–Crippen LogP) is 4.87. The highest BCUT2D eigenvalue weighted by Crippen LogP contribution is 2.17. The lowest BCUT2D eigenvalue weighted by Crippen LogP contribution is -2.13. The van der Waals surface area contributed by atoms with Crippen molar-refractivity contribution < 1.29 is 4.39 Å². The van der Waals surface area contributed by atoms with Gasteiger partial charge in [0.05, 0.1) is 0 Å². The van der Waals surface area contributed by atoms with Gasteiger partial charge in [0.25, 0.3) is 0 Å². The van der Waals surface area contributed by atoms with E-state index in [1.54, 1.807) is 13.1 Å². The lowest BCUT2D eigenvalue weighted by Gasteiger charge is -2.13. The normalized spacial score (nSPS) is 11.6. The zero-order valence-corrected chi connectivity index (χ0v) is 12.7. The van der Waals surface area contributed by atoms with Crippen molar-refractivity contribution in [3.05, 3.63) is 35.1 Å². The van der Waals surface area contributed by atoms with Crippen LogP contribution in [0.1, 0.15) is 45.7 Å². The van der Waals surface area contributed by atoms with Crippen LogP contribution in [0.15, 0.2) is 23.2 Å². The average Bonchev–Trinajstić information content (AvgIpc) is 2.22. The van der Waals surface area contributed by atoms with Crippen LogP contribution in [-0.2, 0) is 0 Å². The molecule has 0 aromatic heterocycles. The second kappa shape index (κ2) is 8.02. The molecular weight excluding hydrogens is 225 g/mol. The van der Waals surface area contributed by atoms with E-state index >= 15 is 0 Å². The van der Waals surface area contributed by atoms with E-state index in [1.807, 2.05) is 26.8 Å². The Hall–Kier alpha value is -1.18. The van der Waals surface area contributed by atoms with Gasteiger partial charge in [0, 0.05) is 18.3 Å². The van der Waals surface area contributed by atoms with Crippen molar-refractivity contribution in [2.24, 2.45) is 16.8 Å². The second-order valence-corrected chi connectivity index (χ2v) is 5.43. The Labute approximate surface area is 111 Å². The molecular formula is C16H26FN. The van der Waals surface area contributed by atoms with Gasteiger partial charge in [-0.05, 0) is 30.4 Å². The molecule has 0 aliphatic heterocycles. The molecule has 0 atom stereocenters. The van der Waals surface area contributed by atoms with Crippen LogP contribution in [0.4, 0.5) is 4.39 Å². The van der Waals surface area contributed by atoms with Crippen LogP contribution in [0.3, 0.4) is 0 Å². The van der Waals surface area contributed by atoms with Gasteiger partial charge in [-0.25, -0.2) is 4.39 Å². The molecule has 0 unspecified atom stereocenters. The summed E-state index contributed by atoms with van der Waals surface area (Å²) in [5.74, 6) is 0.898. The van der Waals surface area contributed by atoms with E-state index in [4.69, 9.17) is 0 Å². The number of benzene rings is 1. The minimum absolute atomic E-state index is 0.181. The van der Waals surface area contributed by atoms with E-state index in [0.29, 0.717) is 5.56 Å². The maximum Gasteiger partial charge on any atom is 0.132 e. The highest BCUT2D eigenvalue weighted by molar-refractivity contribution is 6.03. The summed E-state index contributed by atoms with van der Waals surface area (Å²) in [6, 6.07) is 5.11. The fourth-order valence-corrected chi connectivity index (χ4v) is 1.61. The Morgan fingerprint density at radius 3 is 1.94 bits per heavy atom. The predicted molar refractivity (Wildman–Crippen MR) is 78.9 cm³/mol. The van der Waals surface area contributed by atoms with Crippen LogP contribution in [0.25, 0.3) is 0 Å². The molecule has 1 aromatic rings. The van der Waals surface area contributed by atoms with Crippen molar-refractivity contribution in [3.8, 4) is 0 Å². The van der Waals surface area contributed by atoms with Crippen LogP contribution < -0.4 is 0 Å². The molecule has 18 heavy (non-hydrogen) atoms. The number of hydrogen-bond acceptors (Lipinski definition) is 1. The molecule has 0 heterocycles. The highest BCUT2D eigenvalue weighted by atomic mass is 19.1. The monoisotopic (exact) mass is 251 g/mol. The maximum atomic E-state index is 13.6. The summed E-state index contributed by atoms with van der Waals surface area (Å²) in [5.41, 5.74) is 2.44. The first-order chi connectivity index (χ1) is 8.31. The number of aryl methyl sites for hydroxylation is 1. The molecule has 2 heteroatoms. The lowest BCUT2D eigenvalue weighted by atomic mass is 9.95. The molecule has 1 nitrogen and oxygen atoms in total. The van der Waals surface area contributed by atoms with E-state index in [1.165, 1.54) is 6.07 Å². The summed E-state index contributed by atoms with van der Waals surface area (Å²) in [6.45, 7) is 12.5. The topological polar surface area (TPSA) is 12.4 Å². The number of hydrogen-bond donors (Lipinski definition) is 0. The molecule has 0 fully saturated rings. The van der Waals surface area contributed by atoms with Gasteiger partial charge in [-0.1, -0.05) is 46.8 Å². The van der Waals surface area contributed by atoms with Crippen LogP contribution in [0.2, 0.25) is 0 Å². The van der Waals surface area contributed by atoms with Crippen LogP contribution in [-0.4, -0.2) is 12.8 Å². The molecule has 0 aliphatic carbocycles. The number of halogens is 1. The molecule has 102 valence electrons. The zero-order valence-electron chi connectivity index (χ0n) is 12.7. The maximum absolute atomic E-state index is 13.6. The van der Waals surface area contributed by atoms with Gasteiger partial charge < -0.3 is 0 Å². The van der Waals surface area contributed by atoms with Crippen LogP contribution in [0.5, 0.6) is 0 Å². The Morgan fingerprint density at radius 2 is 1.61 bits per heavy atom. The lowest BCUT2D eigenvalue weighted by molar-refractivity contribution is 0.621. The first-order valence-electron chi connectivity index (χ1n) is 6.53. The largest absolute Gasteiger partial charge is 0.292 e. The van der Waals surface area contributed by atoms with E-state index in [9.17, 15) is 4.39 Å². The smallest absolute Gasteiger partial charge is 0.132 e. The Balaban J connectivity index is 0.000000631. The molecule has 0 N–H and O–H groups in total. The van der Waals surface area contributed by atoms with E-state index in [2.05, 4.69) is 25.8 Å². The molecule has 1 aromatic carbocycles. The number of nitrogens with zero attached hydrogens (tertiary/aromatic N) is 1. The Morgan fingerprint density at radius 1 is 1.11 bits per heavy atom. The summed E-state index contributed by atoms with van der Waals surface area (Å²) in [7, 11) is 1.71. The molecule has 0 bridgehead atoms. The molecule has 0 spiro atoms. The standard InChI is InChI=1S/C12H16FN.C4H10/c1-8(2)12(14-4)11-9(3)6-5-7-10(11)13;1-4(2)3/h5-8H,1-4H3;4H,1-3H3. The van der Waals surface area contributed by atoms with Gasteiger partial charge >= 0.3 is 0 Å². The summed E-state index contributed by atoms with van der Waals surface area (Å²) in [4.78, 5) is 4.16. The van der Waals surface area contributed by atoms with Crippen molar-refractivity contribution >= 4 is 5.71 Å². The van der Waals surface area contributed by atoms with Crippen LogP contribution >= 0.6 is 0 Å². The van der Waals surface area contributed by atoms with Gasteiger partial charge in [-0.3, -0.25) is 4.99 Å². The summed E-state index contributed by atoms with van der Waals surface area (Å²) < 4.78 is 13.6. The molecule has 0 saturated carbocycles. The number of aliphatic imine (C=N–C) groups is 1. The third kappa shape index (κ3) is 5.44. The Bertz CT molecular complexity index is 369. The van der Waals surface area contributed by atoms with Crippen molar-refractivity contribution in [1.29, 1.82) is 0 Å². The fourth-order valence-electron chi connectivity index (χ4n) is 1.61. The summed E-state index contributed by atoms with van der Waals surface area (Å²) in [5, 5.41) is 0. The molecule has 0 saturated heterocycles. The van der Waals surface area contributed by atoms with E-state index < -0.39 is 0 Å². The molecule has 0 aliphatic rings. The van der Waals surface area contributed by atoms with Gasteiger partial charge in [-0.2, -0.15) is 0 Å². The van der Waals surface area contributed by atoms with Crippen molar-refractivity contribution in [2.45, 2.75) is 41.5 Å². The third-order valence-corrected chi connectivity index (χ3v) is 2.27. The minimum atomic E-state index is -0.181. The van der Waals surface area contributed by atoms with Crippen LogP contribution in [0, 0.1) is 24.6 Å². The zero-order chi connectivity index (χ0) is 14.3. The first-order valence-corrected chi connectivity index (χ1v) is 6.53. The second-order valence-electron chi connectivity index (χ2n) is 5.43. The molecule has 1 rings (SSSR count). The fraction of sp³-hybridized carbons (Fsp3) is 0.562. The quantitative estimate of drug-likeness (QED) is 0.665. The van der Waals surface area contributed by atoms with Gasteiger partial charge in [0.15, 0.2) is 0 Å². The molecule has 0 radical (unpaired) electrons. The van der Waals surface area contributed by atoms with E-state index in [0.717, 1.165) is 17.2 Å². The summed E-state index contributed by atoms with van der Waals surface area (Å²) >= 11 is 0. The van der Waals surface area contributed by atoms with Gasteiger partial charge in [0.2, 0.25) is 0 Å². The van der Waals surface area contributed by atoms with Crippen molar-refractivity contribution in [3.63, 3.8) is 0 Å². The number of rotatable bonds is 2. The van der Waals surface area contributed by atoms with Gasteiger partial charge in [-0.15, -0.1) is 0 Å². The van der Waals surface area contributed by atoms with Crippen molar-refractivity contribution in [2.75, 3.05) is 7.05 Å².